The van der Waals surface area contributed by atoms with Crippen LogP contribution in [0.3, 0.4) is 0 Å². The number of hydrogen-bond acceptors (Lipinski definition) is 6. The second kappa shape index (κ2) is 7.59. The summed E-state index contributed by atoms with van der Waals surface area (Å²) < 4.78 is 64.5. The quantitative estimate of drug-likeness (QED) is 0.391. The van der Waals surface area contributed by atoms with Crippen LogP contribution in [0.4, 0.5) is 42.6 Å². The highest BCUT2D eigenvalue weighted by Crippen LogP contribution is 3.02. The summed E-state index contributed by atoms with van der Waals surface area (Å²) in [5.41, 5.74) is 0.188. The van der Waals surface area contributed by atoms with Crippen LogP contribution in [0.1, 0.15) is 6.92 Å². The molecule has 1 aliphatic rings. The molecule has 1 aliphatic heterocycles. The van der Waals surface area contributed by atoms with Crippen molar-refractivity contribution in [3.05, 3.63) is 60.0 Å². The Morgan fingerprint density at radius 3 is 2.36 bits per heavy atom. The van der Waals surface area contributed by atoms with E-state index in [1.807, 2.05) is 6.92 Å². The molecule has 13 heteroatoms. The van der Waals surface area contributed by atoms with E-state index in [0.29, 0.717) is 54.2 Å². The molecule has 2 aromatic heterocycles. The van der Waals surface area contributed by atoms with Crippen LogP contribution in [0, 0.1) is 0 Å². The lowest BCUT2D eigenvalue weighted by Gasteiger charge is -2.41. The van der Waals surface area contributed by atoms with E-state index in [-0.39, 0.29) is 11.7 Å². The maximum absolute atomic E-state index is 12.9. The molecule has 1 aromatic carbocycles. The molecule has 0 spiro atoms. The van der Waals surface area contributed by atoms with Crippen LogP contribution in [0.25, 0.3) is 0 Å². The van der Waals surface area contributed by atoms with Gasteiger partial charge in [-0.3, -0.25) is 0 Å². The van der Waals surface area contributed by atoms with Gasteiger partial charge in [-0.05, 0) is 43.3 Å². The Kier molecular flexibility index (Phi) is 5.36. The third-order valence-corrected chi connectivity index (χ3v) is 6.64. The number of benzene rings is 1. The molecule has 1 N–H and O–H groups in total. The molecule has 178 valence electrons. The summed E-state index contributed by atoms with van der Waals surface area (Å²) in [5, 5.41) is 3.40. The third-order valence-electron chi connectivity index (χ3n) is 5.19. The number of pyridine rings is 1. The Morgan fingerprint density at radius 2 is 1.73 bits per heavy atom. The molecule has 0 bridgehead atoms. The molecule has 0 amide bonds. The van der Waals surface area contributed by atoms with E-state index >= 15 is 0 Å². The molecule has 0 unspecified atom stereocenters. The molecule has 3 heterocycles. The predicted octanol–water partition coefficient (Wildman–Crippen LogP) is 6.64. The van der Waals surface area contributed by atoms with Crippen molar-refractivity contribution in [2.45, 2.75) is 17.9 Å². The minimum atomic E-state index is -9.71. The predicted molar refractivity (Wildman–Crippen MR) is 121 cm³/mol. The van der Waals surface area contributed by atoms with Crippen molar-refractivity contribution in [2.24, 2.45) is 0 Å². The summed E-state index contributed by atoms with van der Waals surface area (Å²) in [4.78, 5) is 14.9. The molecular weight excluding hydrogens is 487 g/mol. The smallest absolute Gasteiger partial charge is 0.310 e. The number of aromatic nitrogens is 3. The number of nitrogens with one attached hydrogen (secondary N) is 1. The lowest BCUT2D eigenvalue weighted by Crippen LogP contribution is -2.52. The zero-order valence-corrected chi connectivity index (χ0v) is 18.9. The molecule has 1 fully saturated rings. The van der Waals surface area contributed by atoms with Gasteiger partial charge in [-0.1, -0.05) is 31.0 Å². The van der Waals surface area contributed by atoms with Gasteiger partial charge in [0.25, 0.3) is 0 Å². The fraction of sp³-hybridized carbons (Fsp3) is 0.250. The van der Waals surface area contributed by atoms with Gasteiger partial charge in [-0.2, -0.15) is 0 Å². The van der Waals surface area contributed by atoms with Gasteiger partial charge in [0.15, 0.2) is 0 Å². The zero-order valence-electron chi connectivity index (χ0n) is 17.3. The van der Waals surface area contributed by atoms with Crippen molar-refractivity contribution in [3.8, 4) is 0 Å². The standard InChI is InChI=1S/C20H20ClF5N6S/c1-14-12-31(20-17(21)3-2-8-27-20)9-10-32(14)19-11-18(28-13-29-19)30-15-4-6-16(7-5-15)33(22,23,24,25)26/h2-8,11,13-14H,9-10,12H2,1H3,(H,28,29,30)/t14-/m1/s1. The first-order valence-corrected chi connectivity index (χ1v) is 12.2. The van der Waals surface area contributed by atoms with Crippen molar-refractivity contribution in [3.63, 3.8) is 0 Å². The van der Waals surface area contributed by atoms with Crippen LogP contribution >= 0.6 is 21.8 Å². The van der Waals surface area contributed by atoms with Crippen LogP contribution in [-0.2, 0) is 0 Å². The Morgan fingerprint density at radius 1 is 1.00 bits per heavy atom. The Labute approximate surface area is 192 Å². The number of anilines is 4. The summed E-state index contributed by atoms with van der Waals surface area (Å²) in [6.45, 7) is 3.96. The molecule has 0 saturated carbocycles. The monoisotopic (exact) mass is 506 g/mol. The van der Waals surface area contributed by atoms with Gasteiger partial charge in [-0.15, -0.1) is 0 Å². The van der Waals surface area contributed by atoms with Crippen molar-refractivity contribution < 1.29 is 19.4 Å². The second-order valence-corrected chi connectivity index (χ2v) is 10.5. The Hall–Kier alpha value is -2.86. The fourth-order valence-corrected chi connectivity index (χ4v) is 4.51. The molecule has 4 rings (SSSR count). The Balaban J connectivity index is 1.47. The first-order valence-electron chi connectivity index (χ1n) is 9.85. The van der Waals surface area contributed by atoms with Crippen LogP contribution in [0.15, 0.2) is 59.9 Å². The maximum atomic E-state index is 12.9. The highest BCUT2D eigenvalue weighted by Gasteiger charge is 2.65. The lowest BCUT2D eigenvalue weighted by molar-refractivity contribution is 0.364. The van der Waals surface area contributed by atoms with Crippen LogP contribution in [0.2, 0.25) is 5.02 Å². The van der Waals surface area contributed by atoms with Gasteiger partial charge in [-0.25, -0.2) is 15.0 Å². The maximum Gasteiger partial charge on any atom is 0.310 e. The van der Waals surface area contributed by atoms with E-state index in [4.69, 9.17) is 11.6 Å². The third kappa shape index (κ3) is 5.38. The average molecular weight is 507 g/mol. The van der Waals surface area contributed by atoms with E-state index < -0.39 is 15.1 Å². The van der Waals surface area contributed by atoms with Gasteiger partial charge in [0.1, 0.15) is 28.7 Å². The van der Waals surface area contributed by atoms with Crippen molar-refractivity contribution in [2.75, 3.05) is 34.8 Å². The van der Waals surface area contributed by atoms with Crippen LogP contribution in [0.5, 0.6) is 0 Å². The molecule has 33 heavy (non-hydrogen) atoms. The van der Waals surface area contributed by atoms with E-state index in [0.717, 1.165) is 12.1 Å². The Bertz CT molecular complexity index is 1160. The summed E-state index contributed by atoms with van der Waals surface area (Å²) in [5.74, 6) is 1.66. The van der Waals surface area contributed by atoms with Crippen molar-refractivity contribution >= 4 is 45.0 Å². The van der Waals surface area contributed by atoms with Crippen LogP contribution < -0.4 is 15.1 Å². The van der Waals surface area contributed by atoms with Crippen LogP contribution in [-0.4, -0.2) is 40.6 Å². The number of hydrogen-bond donors (Lipinski definition) is 1. The van der Waals surface area contributed by atoms with E-state index in [9.17, 15) is 19.4 Å². The van der Waals surface area contributed by atoms with Gasteiger partial charge < -0.3 is 15.1 Å². The highest BCUT2D eigenvalue weighted by molar-refractivity contribution is 8.45. The number of halogens is 6. The van der Waals surface area contributed by atoms with Gasteiger partial charge in [0.05, 0.1) is 5.02 Å². The topological polar surface area (TPSA) is 57.2 Å². The SMILES string of the molecule is C[C@@H]1CN(c2ncccc2Cl)CCN1c1cc(Nc2ccc(S(F)(F)(F)(F)F)cc2)ncn1. The average Bonchev–Trinajstić information content (AvgIpc) is 2.73. The summed E-state index contributed by atoms with van der Waals surface area (Å²) in [7, 11) is -9.71. The van der Waals surface area contributed by atoms with Gasteiger partial charge in [0.2, 0.25) is 0 Å². The fourth-order valence-electron chi connectivity index (χ4n) is 3.62. The molecule has 6 nitrogen and oxygen atoms in total. The summed E-state index contributed by atoms with van der Waals surface area (Å²) in [6, 6.07) is 7.85. The van der Waals surface area contributed by atoms with E-state index in [2.05, 4.69) is 30.1 Å². The molecule has 0 aliphatic carbocycles. The highest BCUT2D eigenvalue weighted by atomic mass is 35.5. The lowest BCUT2D eigenvalue weighted by atomic mass is 10.2. The summed E-state index contributed by atoms with van der Waals surface area (Å²) >= 11 is 6.26. The minimum absolute atomic E-state index is 0.0522. The van der Waals surface area contributed by atoms with E-state index in [1.165, 1.54) is 6.33 Å². The second-order valence-electron chi connectivity index (χ2n) is 7.68. The first kappa shape index (κ1) is 23.3. The van der Waals surface area contributed by atoms with Crippen molar-refractivity contribution in [1.82, 2.24) is 15.0 Å². The van der Waals surface area contributed by atoms with Gasteiger partial charge in [0, 0.05) is 43.6 Å². The largest absolute Gasteiger partial charge is 0.352 e. The van der Waals surface area contributed by atoms with Crippen molar-refractivity contribution in [1.29, 1.82) is 0 Å². The van der Waals surface area contributed by atoms with Gasteiger partial charge >= 0.3 is 10.2 Å². The number of nitrogens with zero attached hydrogens (tertiary/aromatic N) is 5. The zero-order chi connectivity index (χ0) is 23.9. The summed E-state index contributed by atoms with van der Waals surface area (Å²) in [6.07, 6.45) is 3.01. The number of rotatable bonds is 5. The minimum Gasteiger partial charge on any atom is -0.352 e. The molecule has 0 radical (unpaired) electrons. The first-order chi connectivity index (χ1) is 15.3. The van der Waals surface area contributed by atoms with E-state index in [1.54, 1.807) is 24.4 Å². The number of piperazine rings is 1. The molecule has 1 saturated heterocycles. The molecule has 3 aromatic rings. The molecular formula is C20H20ClF5N6S. The molecule has 1 atom stereocenters. The normalized spacial score (nSPS) is 19.1.